The Morgan fingerprint density at radius 1 is 1.22 bits per heavy atom. The molecule has 0 saturated carbocycles. The summed E-state index contributed by atoms with van der Waals surface area (Å²) in [7, 11) is 0. The first-order valence-electron chi connectivity index (χ1n) is 6.75. The molecule has 1 heterocycles. The van der Waals surface area contributed by atoms with Gasteiger partial charge in [-0.05, 0) is 69.2 Å². The van der Waals surface area contributed by atoms with E-state index in [4.69, 9.17) is 0 Å². The monoisotopic (exact) mass is 245 g/mol. The Morgan fingerprint density at radius 3 is 2.61 bits per heavy atom. The number of H-pyrrole nitrogens is 1. The lowest BCUT2D eigenvalue weighted by molar-refractivity contribution is 0.182. The molecule has 0 spiro atoms. The number of aryl methyl sites for hydroxylation is 4. The van der Waals surface area contributed by atoms with Crippen LogP contribution in [-0.2, 0) is 6.42 Å². The van der Waals surface area contributed by atoms with Crippen molar-refractivity contribution in [1.29, 1.82) is 0 Å². The van der Waals surface area contributed by atoms with Crippen molar-refractivity contribution >= 4 is 10.9 Å². The van der Waals surface area contributed by atoms with Gasteiger partial charge in [-0.3, -0.25) is 0 Å². The van der Waals surface area contributed by atoms with E-state index in [2.05, 4.69) is 38.0 Å². The topological polar surface area (TPSA) is 36.0 Å². The highest BCUT2D eigenvalue weighted by Crippen LogP contribution is 2.28. The number of hydrogen-bond acceptors (Lipinski definition) is 1. The summed E-state index contributed by atoms with van der Waals surface area (Å²) in [5.41, 5.74) is 6.70. The fourth-order valence-corrected chi connectivity index (χ4v) is 2.69. The van der Waals surface area contributed by atoms with Gasteiger partial charge in [0.15, 0.2) is 0 Å². The van der Waals surface area contributed by atoms with Crippen LogP contribution in [-0.4, -0.2) is 16.2 Å². The van der Waals surface area contributed by atoms with Crippen molar-refractivity contribution in [1.82, 2.24) is 4.98 Å². The van der Waals surface area contributed by atoms with E-state index < -0.39 is 0 Å². The molecule has 1 aromatic carbocycles. The molecule has 1 aromatic heterocycles. The maximum atomic E-state index is 9.33. The summed E-state index contributed by atoms with van der Waals surface area (Å²) in [6.07, 6.45) is 4.88. The third-order valence-corrected chi connectivity index (χ3v) is 3.82. The van der Waals surface area contributed by atoms with Gasteiger partial charge in [0.2, 0.25) is 0 Å². The number of aliphatic hydroxyl groups is 1. The maximum Gasteiger partial charge on any atom is 0.0512 e. The minimum Gasteiger partial charge on any atom is -0.393 e. The van der Waals surface area contributed by atoms with E-state index >= 15 is 0 Å². The van der Waals surface area contributed by atoms with Crippen molar-refractivity contribution in [2.45, 2.75) is 53.1 Å². The summed E-state index contributed by atoms with van der Waals surface area (Å²) in [5.74, 6) is 0. The summed E-state index contributed by atoms with van der Waals surface area (Å²) < 4.78 is 0. The lowest BCUT2D eigenvalue weighted by Crippen LogP contribution is -1.99. The zero-order valence-corrected chi connectivity index (χ0v) is 11.8. The van der Waals surface area contributed by atoms with Crippen molar-refractivity contribution in [3.63, 3.8) is 0 Å². The Kier molecular flexibility index (Phi) is 3.76. The summed E-state index contributed by atoms with van der Waals surface area (Å²) in [6.45, 7) is 8.39. The molecule has 2 nitrogen and oxygen atoms in total. The minimum atomic E-state index is -0.195. The van der Waals surface area contributed by atoms with Crippen LogP contribution in [0.3, 0.4) is 0 Å². The van der Waals surface area contributed by atoms with E-state index in [-0.39, 0.29) is 6.10 Å². The molecule has 2 aromatic rings. The van der Waals surface area contributed by atoms with Gasteiger partial charge in [0, 0.05) is 17.1 Å². The molecule has 2 heteroatoms. The molecule has 1 atom stereocenters. The third kappa shape index (κ3) is 2.44. The van der Waals surface area contributed by atoms with E-state index in [1.165, 1.54) is 33.2 Å². The maximum absolute atomic E-state index is 9.33. The van der Waals surface area contributed by atoms with Crippen LogP contribution in [0.2, 0.25) is 0 Å². The van der Waals surface area contributed by atoms with Crippen LogP contribution in [0.25, 0.3) is 10.9 Å². The molecule has 0 aliphatic heterocycles. The molecule has 0 fully saturated rings. The number of aromatic nitrogens is 1. The summed E-state index contributed by atoms with van der Waals surface area (Å²) in [6, 6.07) is 2.24. The van der Waals surface area contributed by atoms with Crippen LogP contribution in [0, 0.1) is 20.8 Å². The van der Waals surface area contributed by atoms with Gasteiger partial charge < -0.3 is 10.1 Å². The number of nitrogens with one attached hydrogen (secondary N) is 1. The van der Waals surface area contributed by atoms with Gasteiger partial charge in [0.25, 0.3) is 0 Å². The quantitative estimate of drug-likeness (QED) is 0.844. The number of aliphatic hydroxyl groups excluding tert-OH is 1. The van der Waals surface area contributed by atoms with E-state index in [1.54, 1.807) is 0 Å². The van der Waals surface area contributed by atoms with Gasteiger partial charge in [-0.25, -0.2) is 0 Å². The number of aromatic amines is 1. The van der Waals surface area contributed by atoms with Crippen LogP contribution < -0.4 is 0 Å². The van der Waals surface area contributed by atoms with Gasteiger partial charge in [-0.2, -0.15) is 0 Å². The minimum absolute atomic E-state index is 0.195. The second kappa shape index (κ2) is 5.15. The zero-order chi connectivity index (χ0) is 13.3. The lowest BCUT2D eigenvalue weighted by Gasteiger charge is -2.08. The van der Waals surface area contributed by atoms with Crippen molar-refractivity contribution in [3.05, 3.63) is 34.5 Å². The summed E-state index contributed by atoms with van der Waals surface area (Å²) in [4.78, 5) is 3.40. The van der Waals surface area contributed by atoms with Crippen LogP contribution >= 0.6 is 0 Å². The van der Waals surface area contributed by atoms with E-state index in [0.29, 0.717) is 0 Å². The highest BCUT2D eigenvalue weighted by Gasteiger charge is 2.10. The Bertz CT molecular complexity index is 552. The first kappa shape index (κ1) is 13.2. The second-order valence-electron chi connectivity index (χ2n) is 5.44. The third-order valence-electron chi connectivity index (χ3n) is 3.82. The molecule has 0 aliphatic carbocycles. The van der Waals surface area contributed by atoms with E-state index in [0.717, 1.165) is 19.3 Å². The van der Waals surface area contributed by atoms with Crippen molar-refractivity contribution in [3.8, 4) is 0 Å². The van der Waals surface area contributed by atoms with Gasteiger partial charge in [0.1, 0.15) is 0 Å². The van der Waals surface area contributed by atoms with Crippen molar-refractivity contribution in [2.24, 2.45) is 0 Å². The molecule has 0 amide bonds. The summed E-state index contributed by atoms with van der Waals surface area (Å²) >= 11 is 0. The molecule has 2 N–H and O–H groups in total. The van der Waals surface area contributed by atoms with Crippen molar-refractivity contribution < 1.29 is 5.11 Å². The van der Waals surface area contributed by atoms with Gasteiger partial charge >= 0.3 is 0 Å². The second-order valence-corrected chi connectivity index (χ2v) is 5.44. The normalized spacial score (nSPS) is 13.2. The lowest BCUT2D eigenvalue weighted by atomic mass is 9.97. The largest absolute Gasteiger partial charge is 0.393 e. The molecule has 18 heavy (non-hydrogen) atoms. The van der Waals surface area contributed by atoms with Crippen LogP contribution in [0.1, 0.15) is 42.0 Å². The van der Waals surface area contributed by atoms with Crippen LogP contribution in [0.5, 0.6) is 0 Å². The first-order chi connectivity index (χ1) is 8.50. The fraction of sp³-hybridized carbons (Fsp3) is 0.500. The number of hydrogen-bond donors (Lipinski definition) is 2. The molecule has 2 rings (SSSR count). The van der Waals surface area contributed by atoms with Gasteiger partial charge in [-0.1, -0.05) is 6.07 Å². The van der Waals surface area contributed by atoms with Crippen LogP contribution in [0.4, 0.5) is 0 Å². The molecule has 98 valence electrons. The Labute approximate surface area is 109 Å². The van der Waals surface area contributed by atoms with Crippen LogP contribution in [0.15, 0.2) is 12.3 Å². The molecule has 0 aliphatic rings. The highest BCUT2D eigenvalue weighted by molar-refractivity contribution is 5.90. The zero-order valence-electron chi connectivity index (χ0n) is 11.8. The molecule has 0 saturated heterocycles. The molecular weight excluding hydrogens is 222 g/mol. The molecule has 1 unspecified atom stereocenters. The number of fused-ring (bicyclic) bond motifs is 1. The predicted octanol–water partition coefficient (Wildman–Crippen LogP) is 3.80. The van der Waals surface area contributed by atoms with E-state index in [1.807, 2.05) is 6.92 Å². The molecule has 0 radical (unpaired) electrons. The molecule has 0 bridgehead atoms. The average Bonchev–Trinajstić information content (AvgIpc) is 2.70. The average molecular weight is 245 g/mol. The Balaban J connectivity index is 2.34. The Morgan fingerprint density at radius 2 is 1.94 bits per heavy atom. The first-order valence-corrected chi connectivity index (χ1v) is 6.75. The van der Waals surface area contributed by atoms with E-state index in [9.17, 15) is 5.11 Å². The van der Waals surface area contributed by atoms with Gasteiger partial charge in [0.05, 0.1) is 6.10 Å². The molecular formula is C16H23NO. The summed E-state index contributed by atoms with van der Waals surface area (Å²) in [5, 5.41) is 10.7. The van der Waals surface area contributed by atoms with Gasteiger partial charge in [-0.15, -0.1) is 0 Å². The standard InChI is InChI=1S/C16H23NO/c1-10-8-11(2)16-15(13(10)4)14(9-17-16)7-5-6-12(3)18/h8-9,12,17-18H,5-7H2,1-4H3. The fourth-order valence-electron chi connectivity index (χ4n) is 2.69. The number of benzene rings is 1. The van der Waals surface area contributed by atoms with Crippen molar-refractivity contribution in [2.75, 3.05) is 0 Å². The number of rotatable bonds is 4. The predicted molar refractivity (Wildman–Crippen MR) is 77.1 cm³/mol. The highest BCUT2D eigenvalue weighted by atomic mass is 16.3. The smallest absolute Gasteiger partial charge is 0.0512 e. The Hall–Kier alpha value is -1.28. The SMILES string of the molecule is Cc1cc(C)c2[nH]cc(CCCC(C)O)c2c1C.